The molecule has 2 heterocycles. The van der Waals surface area contributed by atoms with Gasteiger partial charge in [0.2, 0.25) is 17.7 Å². The van der Waals surface area contributed by atoms with Gasteiger partial charge in [-0.25, -0.2) is 0 Å². The third-order valence-corrected chi connectivity index (χ3v) is 3.33. The molecule has 5 nitrogen and oxygen atoms in total. The Hall–Kier alpha value is -1.73. The fourth-order valence-electron chi connectivity index (χ4n) is 2.15. The quantitative estimate of drug-likeness (QED) is 0.855. The highest BCUT2D eigenvalue weighted by Crippen LogP contribution is 2.35. The number of piperidine rings is 1. The van der Waals surface area contributed by atoms with Gasteiger partial charge in [-0.3, -0.25) is 0 Å². The molecular formula is C12H16F3N3O2. The molecule has 0 aliphatic carbocycles. The van der Waals surface area contributed by atoms with Crippen molar-refractivity contribution in [3.05, 3.63) is 6.07 Å². The van der Waals surface area contributed by atoms with Crippen molar-refractivity contribution in [3.63, 3.8) is 0 Å². The first-order chi connectivity index (χ1) is 9.44. The molecule has 8 heteroatoms. The van der Waals surface area contributed by atoms with Gasteiger partial charge in [0.25, 0.3) is 0 Å². The SMILES string of the molecule is COc1cc(OC)nc(N2CCC(C(F)(F)F)CC2)n1. The largest absolute Gasteiger partial charge is 0.481 e. The second kappa shape index (κ2) is 5.72. The average Bonchev–Trinajstić information content (AvgIpc) is 2.46. The van der Waals surface area contributed by atoms with E-state index in [0.717, 1.165) is 0 Å². The summed E-state index contributed by atoms with van der Waals surface area (Å²) < 4.78 is 47.9. The molecule has 112 valence electrons. The summed E-state index contributed by atoms with van der Waals surface area (Å²) in [5, 5.41) is 0. The Morgan fingerprint density at radius 3 is 2.00 bits per heavy atom. The maximum Gasteiger partial charge on any atom is 0.391 e. The third-order valence-electron chi connectivity index (χ3n) is 3.33. The summed E-state index contributed by atoms with van der Waals surface area (Å²) in [5.74, 6) is -0.261. The molecule has 0 spiro atoms. The maximum absolute atomic E-state index is 12.6. The Balaban J connectivity index is 2.10. The first-order valence-electron chi connectivity index (χ1n) is 6.22. The predicted octanol–water partition coefficient (Wildman–Crippen LogP) is 2.27. The van der Waals surface area contributed by atoms with Crippen molar-refractivity contribution in [1.29, 1.82) is 0 Å². The summed E-state index contributed by atoms with van der Waals surface area (Å²) in [5.41, 5.74) is 0. The van der Waals surface area contributed by atoms with Crippen molar-refractivity contribution < 1.29 is 22.6 Å². The average molecular weight is 291 g/mol. The second-order valence-corrected chi connectivity index (χ2v) is 4.56. The summed E-state index contributed by atoms with van der Waals surface area (Å²) >= 11 is 0. The molecule has 0 amide bonds. The number of halogens is 3. The summed E-state index contributed by atoms with van der Waals surface area (Å²) in [4.78, 5) is 10.00. The van der Waals surface area contributed by atoms with Gasteiger partial charge in [-0.1, -0.05) is 0 Å². The third kappa shape index (κ3) is 3.23. The molecule has 20 heavy (non-hydrogen) atoms. The van der Waals surface area contributed by atoms with Gasteiger partial charge in [-0.15, -0.1) is 0 Å². The Morgan fingerprint density at radius 2 is 1.60 bits per heavy atom. The normalized spacial score (nSPS) is 17.1. The van der Waals surface area contributed by atoms with E-state index in [4.69, 9.17) is 9.47 Å². The Kier molecular flexibility index (Phi) is 4.20. The minimum atomic E-state index is -4.13. The minimum absolute atomic E-state index is 0.0480. The predicted molar refractivity (Wildman–Crippen MR) is 66.1 cm³/mol. The molecule has 1 fully saturated rings. The van der Waals surface area contributed by atoms with Gasteiger partial charge in [0.1, 0.15) is 0 Å². The Morgan fingerprint density at radius 1 is 1.10 bits per heavy atom. The summed E-state index contributed by atoms with van der Waals surface area (Å²) in [6.45, 7) is 0.529. The fraction of sp³-hybridized carbons (Fsp3) is 0.667. The number of anilines is 1. The molecule has 1 aromatic rings. The van der Waals surface area contributed by atoms with Crippen molar-refractivity contribution in [2.75, 3.05) is 32.2 Å². The Labute approximate surface area is 114 Å². The van der Waals surface area contributed by atoms with Gasteiger partial charge in [0.15, 0.2) is 0 Å². The molecule has 1 saturated heterocycles. The lowest BCUT2D eigenvalue weighted by atomic mass is 9.96. The molecule has 1 aliphatic rings. The molecule has 0 atom stereocenters. The van der Waals surface area contributed by atoms with Gasteiger partial charge in [-0.05, 0) is 12.8 Å². The first kappa shape index (κ1) is 14.7. The van der Waals surface area contributed by atoms with Crippen molar-refractivity contribution in [2.45, 2.75) is 19.0 Å². The monoisotopic (exact) mass is 291 g/mol. The number of aromatic nitrogens is 2. The molecule has 0 saturated carbocycles. The van der Waals surface area contributed by atoms with E-state index < -0.39 is 12.1 Å². The van der Waals surface area contributed by atoms with E-state index in [9.17, 15) is 13.2 Å². The van der Waals surface area contributed by atoms with Crippen LogP contribution in [0.5, 0.6) is 11.8 Å². The van der Waals surface area contributed by atoms with Crippen LogP contribution in [-0.4, -0.2) is 43.5 Å². The summed E-state index contributed by atoms with van der Waals surface area (Å²) in [6, 6.07) is 1.52. The van der Waals surface area contributed by atoms with Crippen molar-refractivity contribution >= 4 is 5.95 Å². The summed E-state index contributed by atoms with van der Waals surface area (Å²) in [6.07, 6.45) is -4.03. The van der Waals surface area contributed by atoms with E-state index in [1.165, 1.54) is 20.3 Å². The molecule has 1 aliphatic heterocycles. The molecule has 0 bridgehead atoms. The van der Waals surface area contributed by atoms with Crippen LogP contribution in [0.15, 0.2) is 6.07 Å². The van der Waals surface area contributed by atoms with Gasteiger partial charge in [0.05, 0.1) is 26.2 Å². The van der Waals surface area contributed by atoms with Crippen LogP contribution in [-0.2, 0) is 0 Å². The van der Waals surface area contributed by atoms with Crippen LogP contribution in [0.2, 0.25) is 0 Å². The van der Waals surface area contributed by atoms with Crippen molar-refractivity contribution in [1.82, 2.24) is 9.97 Å². The van der Waals surface area contributed by atoms with Gasteiger partial charge in [-0.2, -0.15) is 23.1 Å². The molecular weight excluding hydrogens is 275 g/mol. The number of hydrogen-bond acceptors (Lipinski definition) is 5. The molecule has 0 radical (unpaired) electrons. The first-order valence-corrected chi connectivity index (χ1v) is 6.22. The molecule has 1 aromatic heterocycles. The smallest absolute Gasteiger partial charge is 0.391 e. The van der Waals surface area contributed by atoms with Crippen LogP contribution in [0.4, 0.5) is 19.1 Å². The van der Waals surface area contributed by atoms with Gasteiger partial charge >= 0.3 is 6.18 Å². The van der Waals surface area contributed by atoms with E-state index in [1.54, 1.807) is 4.90 Å². The zero-order chi connectivity index (χ0) is 14.8. The van der Waals surface area contributed by atoms with Crippen molar-refractivity contribution in [3.8, 4) is 11.8 Å². The van der Waals surface area contributed by atoms with E-state index in [1.807, 2.05) is 0 Å². The van der Waals surface area contributed by atoms with Crippen LogP contribution < -0.4 is 14.4 Å². The second-order valence-electron chi connectivity index (χ2n) is 4.56. The zero-order valence-corrected chi connectivity index (χ0v) is 11.3. The Bertz CT molecular complexity index is 438. The highest BCUT2D eigenvalue weighted by Gasteiger charge is 2.41. The van der Waals surface area contributed by atoms with Gasteiger partial charge in [0, 0.05) is 13.1 Å². The number of rotatable bonds is 3. The van der Waals surface area contributed by atoms with Crippen LogP contribution in [0, 0.1) is 5.92 Å². The zero-order valence-electron chi connectivity index (χ0n) is 11.3. The van der Waals surface area contributed by atoms with E-state index in [2.05, 4.69) is 9.97 Å². The lowest BCUT2D eigenvalue weighted by Gasteiger charge is -2.32. The minimum Gasteiger partial charge on any atom is -0.481 e. The fourth-order valence-corrected chi connectivity index (χ4v) is 2.15. The standard InChI is InChI=1S/C12H16F3N3O2/c1-19-9-7-10(20-2)17-11(16-9)18-5-3-8(4-6-18)12(13,14)15/h7-8H,3-6H2,1-2H3. The highest BCUT2D eigenvalue weighted by molar-refractivity contribution is 5.37. The molecule has 0 aromatic carbocycles. The van der Waals surface area contributed by atoms with Crippen LogP contribution in [0.25, 0.3) is 0 Å². The lowest BCUT2D eigenvalue weighted by molar-refractivity contribution is -0.179. The van der Waals surface area contributed by atoms with Gasteiger partial charge < -0.3 is 14.4 Å². The van der Waals surface area contributed by atoms with Crippen molar-refractivity contribution in [2.24, 2.45) is 5.92 Å². The van der Waals surface area contributed by atoms with Crippen LogP contribution >= 0.6 is 0 Å². The molecule has 0 N–H and O–H groups in total. The van der Waals surface area contributed by atoms with E-state index in [0.29, 0.717) is 17.7 Å². The number of ether oxygens (including phenoxy) is 2. The van der Waals surface area contributed by atoms with E-state index >= 15 is 0 Å². The lowest BCUT2D eigenvalue weighted by Crippen LogP contribution is -2.39. The summed E-state index contributed by atoms with van der Waals surface area (Å²) in [7, 11) is 2.92. The van der Waals surface area contributed by atoms with Crippen LogP contribution in [0.3, 0.4) is 0 Å². The molecule has 0 unspecified atom stereocenters. The number of methoxy groups -OCH3 is 2. The number of hydrogen-bond donors (Lipinski definition) is 0. The number of nitrogens with zero attached hydrogens (tertiary/aromatic N) is 3. The molecule has 2 rings (SSSR count). The van der Waals surface area contributed by atoms with Crippen LogP contribution in [0.1, 0.15) is 12.8 Å². The topological polar surface area (TPSA) is 47.5 Å². The maximum atomic E-state index is 12.6. The number of alkyl halides is 3. The van der Waals surface area contributed by atoms with E-state index in [-0.39, 0.29) is 25.9 Å². The highest BCUT2D eigenvalue weighted by atomic mass is 19.4.